The molecule has 1 N–H and O–H groups in total. The van der Waals surface area contributed by atoms with Gasteiger partial charge in [-0.1, -0.05) is 0 Å². The van der Waals surface area contributed by atoms with Gasteiger partial charge in [0.25, 0.3) is 0 Å². The quantitative estimate of drug-likeness (QED) is 0.751. The van der Waals surface area contributed by atoms with Crippen LogP contribution < -0.4 is 15.0 Å². The molecule has 18 heavy (non-hydrogen) atoms. The van der Waals surface area contributed by atoms with E-state index in [1.807, 2.05) is 33.0 Å². The van der Waals surface area contributed by atoms with Crippen molar-refractivity contribution < 1.29 is 4.74 Å². The predicted octanol–water partition coefficient (Wildman–Crippen LogP) is 0.310. The third kappa shape index (κ3) is 4.33. The summed E-state index contributed by atoms with van der Waals surface area (Å²) in [5.74, 6) is 1.12. The van der Waals surface area contributed by atoms with Gasteiger partial charge in [-0.2, -0.15) is 15.0 Å². The minimum atomic E-state index is 0.351. The van der Waals surface area contributed by atoms with Gasteiger partial charge >= 0.3 is 6.01 Å². The van der Waals surface area contributed by atoms with Crippen molar-refractivity contribution in [3.63, 3.8) is 0 Å². The second-order valence-corrected chi connectivity index (χ2v) is 4.15. The fourth-order valence-corrected chi connectivity index (χ4v) is 1.27. The van der Waals surface area contributed by atoms with Gasteiger partial charge in [0.2, 0.25) is 11.9 Å². The van der Waals surface area contributed by atoms with Gasteiger partial charge in [0.15, 0.2) is 0 Å². The Hall–Kier alpha value is -1.63. The minimum Gasteiger partial charge on any atom is -0.464 e. The number of hydrogen-bond acceptors (Lipinski definition) is 7. The van der Waals surface area contributed by atoms with Crippen molar-refractivity contribution in [2.45, 2.75) is 6.92 Å². The molecule has 1 heterocycles. The Kier molecular flexibility index (Phi) is 5.57. The van der Waals surface area contributed by atoms with Gasteiger partial charge < -0.3 is 19.9 Å². The third-order valence-electron chi connectivity index (χ3n) is 2.32. The smallest absolute Gasteiger partial charge is 0.323 e. The van der Waals surface area contributed by atoms with Crippen molar-refractivity contribution in [1.82, 2.24) is 19.9 Å². The molecule has 0 spiro atoms. The SMILES string of the molecule is CCOc1nc(NC)nc(N(C)CCN(C)C)n1. The number of hydrogen-bond donors (Lipinski definition) is 1. The molecular weight excluding hydrogens is 232 g/mol. The monoisotopic (exact) mass is 254 g/mol. The maximum absolute atomic E-state index is 5.33. The fraction of sp³-hybridized carbons (Fsp3) is 0.727. The zero-order chi connectivity index (χ0) is 13.5. The minimum absolute atomic E-state index is 0.351. The van der Waals surface area contributed by atoms with Crippen LogP contribution in [0.25, 0.3) is 0 Å². The average Bonchev–Trinajstić information content (AvgIpc) is 2.35. The van der Waals surface area contributed by atoms with Crippen LogP contribution in [-0.4, -0.2) is 67.7 Å². The van der Waals surface area contributed by atoms with Crippen molar-refractivity contribution >= 4 is 11.9 Å². The summed E-state index contributed by atoms with van der Waals surface area (Å²) in [5.41, 5.74) is 0. The van der Waals surface area contributed by atoms with E-state index >= 15 is 0 Å². The summed E-state index contributed by atoms with van der Waals surface area (Å²) in [5, 5.41) is 2.91. The maximum atomic E-state index is 5.33. The van der Waals surface area contributed by atoms with Crippen molar-refractivity contribution in [3.05, 3.63) is 0 Å². The van der Waals surface area contributed by atoms with Gasteiger partial charge in [-0.15, -0.1) is 0 Å². The largest absolute Gasteiger partial charge is 0.464 e. The zero-order valence-electron chi connectivity index (χ0n) is 11.8. The van der Waals surface area contributed by atoms with Crippen LogP contribution in [0.4, 0.5) is 11.9 Å². The maximum Gasteiger partial charge on any atom is 0.323 e. The molecule has 0 saturated heterocycles. The van der Waals surface area contributed by atoms with E-state index in [0.29, 0.717) is 24.5 Å². The van der Waals surface area contributed by atoms with Crippen LogP contribution in [0.5, 0.6) is 6.01 Å². The molecule has 0 saturated carbocycles. The highest BCUT2D eigenvalue weighted by atomic mass is 16.5. The lowest BCUT2D eigenvalue weighted by molar-refractivity contribution is 0.312. The molecule has 0 unspecified atom stereocenters. The highest BCUT2D eigenvalue weighted by Gasteiger charge is 2.10. The first kappa shape index (κ1) is 14.4. The Morgan fingerprint density at radius 2 is 1.83 bits per heavy atom. The molecule has 7 nitrogen and oxygen atoms in total. The number of aromatic nitrogens is 3. The van der Waals surface area contributed by atoms with Crippen LogP contribution in [0.3, 0.4) is 0 Å². The third-order valence-corrected chi connectivity index (χ3v) is 2.32. The lowest BCUT2D eigenvalue weighted by Crippen LogP contribution is -2.30. The summed E-state index contributed by atoms with van der Waals surface area (Å²) >= 11 is 0. The lowest BCUT2D eigenvalue weighted by atomic mass is 10.5. The summed E-state index contributed by atoms with van der Waals surface area (Å²) in [6.45, 7) is 4.21. The van der Waals surface area contributed by atoms with Crippen LogP contribution >= 0.6 is 0 Å². The summed E-state index contributed by atoms with van der Waals surface area (Å²) in [6, 6.07) is 0.351. The molecule has 7 heteroatoms. The highest BCUT2D eigenvalue weighted by molar-refractivity contribution is 5.37. The number of nitrogens with zero attached hydrogens (tertiary/aromatic N) is 5. The van der Waals surface area contributed by atoms with Crippen LogP contribution in [0.2, 0.25) is 0 Å². The number of ether oxygens (including phenoxy) is 1. The molecule has 0 fully saturated rings. The summed E-state index contributed by atoms with van der Waals surface area (Å²) in [6.07, 6.45) is 0. The molecule has 0 amide bonds. The summed E-state index contributed by atoms with van der Waals surface area (Å²) in [4.78, 5) is 16.8. The van der Waals surface area contributed by atoms with Gasteiger partial charge in [0.05, 0.1) is 6.61 Å². The molecule has 0 radical (unpaired) electrons. The van der Waals surface area contributed by atoms with E-state index in [4.69, 9.17) is 4.74 Å². The number of nitrogens with one attached hydrogen (secondary N) is 1. The van der Waals surface area contributed by atoms with Gasteiger partial charge in [-0.25, -0.2) is 0 Å². The molecule has 0 atom stereocenters. The normalized spacial score (nSPS) is 10.6. The summed E-state index contributed by atoms with van der Waals surface area (Å²) < 4.78 is 5.33. The molecule has 1 rings (SSSR count). The summed E-state index contributed by atoms with van der Waals surface area (Å²) in [7, 11) is 7.79. The number of rotatable bonds is 7. The van der Waals surface area contributed by atoms with E-state index in [0.717, 1.165) is 13.1 Å². The van der Waals surface area contributed by atoms with Gasteiger partial charge in [-0.3, -0.25) is 0 Å². The van der Waals surface area contributed by atoms with Gasteiger partial charge in [0, 0.05) is 27.2 Å². The highest BCUT2D eigenvalue weighted by Crippen LogP contribution is 2.13. The fourth-order valence-electron chi connectivity index (χ4n) is 1.27. The predicted molar refractivity (Wildman–Crippen MR) is 72.4 cm³/mol. The van der Waals surface area contributed by atoms with E-state index in [1.54, 1.807) is 7.05 Å². The Morgan fingerprint density at radius 3 is 2.39 bits per heavy atom. The van der Waals surface area contributed by atoms with E-state index in [1.165, 1.54) is 0 Å². The Morgan fingerprint density at radius 1 is 1.11 bits per heavy atom. The van der Waals surface area contributed by atoms with Crippen molar-refractivity contribution in [2.75, 3.05) is 58.1 Å². The molecule has 102 valence electrons. The topological polar surface area (TPSA) is 66.4 Å². The standard InChI is InChI=1S/C11H22N6O/c1-6-18-11-14-9(12-2)13-10(15-11)17(5)8-7-16(3)4/h6-8H2,1-5H3,(H,12,13,14,15). The molecule has 0 aliphatic rings. The molecule has 0 aromatic carbocycles. The van der Waals surface area contributed by atoms with E-state index < -0.39 is 0 Å². The van der Waals surface area contributed by atoms with Crippen LogP contribution in [-0.2, 0) is 0 Å². The molecule has 0 bridgehead atoms. The van der Waals surface area contributed by atoms with Crippen molar-refractivity contribution in [2.24, 2.45) is 0 Å². The van der Waals surface area contributed by atoms with Crippen molar-refractivity contribution in [3.8, 4) is 6.01 Å². The Balaban J connectivity index is 2.82. The molecule has 1 aromatic heterocycles. The van der Waals surface area contributed by atoms with Gasteiger partial charge in [-0.05, 0) is 21.0 Å². The number of anilines is 2. The van der Waals surface area contributed by atoms with Gasteiger partial charge in [0.1, 0.15) is 0 Å². The molecular formula is C11H22N6O. The first-order chi connectivity index (χ1) is 8.56. The van der Waals surface area contributed by atoms with E-state index in [2.05, 4.69) is 25.2 Å². The first-order valence-corrected chi connectivity index (χ1v) is 5.99. The lowest BCUT2D eigenvalue weighted by Gasteiger charge is -2.20. The second kappa shape index (κ2) is 6.95. The second-order valence-electron chi connectivity index (χ2n) is 4.15. The molecule has 0 aliphatic heterocycles. The van der Waals surface area contributed by atoms with Crippen molar-refractivity contribution in [1.29, 1.82) is 0 Å². The number of likely N-dealkylation sites (N-methyl/N-ethyl adjacent to an activating group) is 2. The van der Waals surface area contributed by atoms with E-state index in [9.17, 15) is 0 Å². The average molecular weight is 254 g/mol. The van der Waals surface area contributed by atoms with Crippen LogP contribution in [0.15, 0.2) is 0 Å². The zero-order valence-corrected chi connectivity index (χ0v) is 11.8. The molecule has 0 aliphatic carbocycles. The first-order valence-electron chi connectivity index (χ1n) is 5.99. The van der Waals surface area contributed by atoms with E-state index in [-0.39, 0.29) is 0 Å². The Bertz CT molecular complexity index is 371. The molecule has 1 aromatic rings. The Labute approximate surface area is 108 Å². The van der Waals surface area contributed by atoms with Crippen LogP contribution in [0.1, 0.15) is 6.92 Å². The van der Waals surface area contributed by atoms with Crippen LogP contribution in [0, 0.1) is 0 Å².